The van der Waals surface area contributed by atoms with Gasteiger partial charge in [-0.05, 0) is 31.2 Å². The van der Waals surface area contributed by atoms with Gasteiger partial charge in [-0.2, -0.15) is 0 Å². The van der Waals surface area contributed by atoms with Crippen LogP contribution in [-0.2, 0) is 0 Å². The normalized spacial score (nSPS) is 10.3. The van der Waals surface area contributed by atoms with Gasteiger partial charge in [0.25, 0.3) is 0 Å². The first-order valence-corrected chi connectivity index (χ1v) is 5.74. The molecule has 0 atom stereocenters. The van der Waals surface area contributed by atoms with Crippen LogP contribution in [0.1, 0.15) is 15.9 Å². The van der Waals surface area contributed by atoms with Gasteiger partial charge in [0, 0.05) is 0 Å². The van der Waals surface area contributed by atoms with E-state index >= 15 is 0 Å². The van der Waals surface area contributed by atoms with Crippen molar-refractivity contribution in [3.8, 4) is 5.75 Å². The number of hydrogen-bond donors (Lipinski definition) is 0. The molecular formula is C15H12F2O2. The van der Waals surface area contributed by atoms with Gasteiger partial charge in [0.1, 0.15) is 17.4 Å². The largest absolute Gasteiger partial charge is 0.485 e. The molecule has 4 heteroatoms. The fourth-order valence-electron chi connectivity index (χ4n) is 1.62. The Balaban J connectivity index is 2.07. The third-order valence-electron chi connectivity index (χ3n) is 2.63. The molecule has 0 saturated carbocycles. The lowest BCUT2D eigenvalue weighted by Gasteiger charge is -2.07. The molecule has 0 aromatic heterocycles. The monoisotopic (exact) mass is 262 g/mol. The number of rotatable bonds is 4. The number of benzene rings is 2. The van der Waals surface area contributed by atoms with Crippen molar-refractivity contribution in [3.05, 3.63) is 65.2 Å². The summed E-state index contributed by atoms with van der Waals surface area (Å²) in [5.41, 5.74) is 0.494. The minimum Gasteiger partial charge on any atom is -0.485 e. The van der Waals surface area contributed by atoms with Crippen molar-refractivity contribution in [1.82, 2.24) is 0 Å². The second-order valence-corrected chi connectivity index (χ2v) is 4.12. The van der Waals surface area contributed by atoms with Gasteiger partial charge in [0.2, 0.25) is 5.78 Å². The van der Waals surface area contributed by atoms with Crippen molar-refractivity contribution in [2.75, 3.05) is 6.61 Å². The maximum absolute atomic E-state index is 13.4. The van der Waals surface area contributed by atoms with Gasteiger partial charge in [-0.3, -0.25) is 4.79 Å². The molecule has 0 N–H and O–H groups in total. The van der Waals surface area contributed by atoms with Gasteiger partial charge in [-0.1, -0.05) is 23.8 Å². The van der Waals surface area contributed by atoms with Crippen LogP contribution in [0.25, 0.3) is 0 Å². The zero-order chi connectivity index (χ0) is 13.8. The van der Waals surface area contributed by atoms with Crippen molar-refractivity contribution in [2.45, 2.75) is 6.92 Å². The summed E-state index contributed by atoms with van der Waals surface area (Å²) < 4.78 is 31.9. The Morgan fingerprint density at radius 1 is 1.05 bits per heavy atom. The Bertz CT molecular complexity index is 571. The Morgan fingerprint density at radius 2 is 1.63 bits per heavy atom. The van der Waals surface area contributed by atoms with Crippen LogP contribution in [0.3, 0.4) is 0 Å². The summed E-state index contributed by atoms with van der Waals surface area (Å²) >= 11 is 0. The zero-order valence-corrected chi connectivity index (χ0v) is 10.3. The van der Waals surface area contributed by atoms with Crippen molar-refractivity contribution in [3.63, 3.8) is 0 Å². The second-order valence-electron chi connectivity index (χ2n) is 4.12. The van der Waals surface area contributed by atoms with E-state index in [1.165, 1.54) is 6.07 Å². The van der Waals surface area contributed by atoms with Crippen LogP contribution < -0.4 is 4.74 Å². The minimum atomic E-state index is -0.877. The van der Waals surface area contributed by atoms with E-state index in [1.807, 2.05) is 19.1 Å². The summed E-state index contributed by atoms with van der Waals surface area (Å²) in [4.78, 5) is 11.7. The number of halogens is 2. The van der Waals surface area contributed by atoms with Crippen LogP contribution in [-0.4, -0.2) is 12.4 Å². The van der Waals surface area contributed by atoms with Gasteiger partial charge in [-0.15, -0.1) is 0 Å². The molecule has 0 aliphatic rings. The van der Waals surface area contributed by atoms with Crippen LogP contribution >= 0.6 is 0 Å². The molecule has 2 aromatic rings. The van der Waals surface area contributed by atoms with E-state index in [0.717, 1.165) is 17.7 Å². The molecule has 0 aliphatic heterocycles. The third kappa shape index (κ3) is 3.16. The first-order valence-electron chi connectivity index (χ1n) is 5.74. The molecule has 98 valence electrons. The number of hydrogen-bond acceptors (Lipinski definition) is 2. The third-order valence-corrected chi connectivity index (χ3v) is 2.63. The van der Waals surface area contributed by atoms with Gasteiger partial charge >= 0.3 is 0 Å². The molecule has 2 rings (SSSR count). The molecule has 19 heavy (non-hydrogen) atoms. The van der Waals surface area contributed by atoms with Crippen LogP contribution in [0.15, 0.2) is 42.5 Å². The van der Waals surface area contributed by atoms with E-state index in [4.69, 9.17) is 4.74 Å². The Hall–Kier alpha value is -2.23. The molecule has 2 nitrogen and oxygen atoms in total. The highest BCUT2D eigenvalue weighted by molar-refractivity contribution is 5.97. The van der Waals surface area contributed by atoms with Crippen LogP contribution in [0.2, 0.25) is 0 Å². The predicted molar refractivity (Wildman–Crippen MR) is 67.4 cm³/mol. The zero-order valence-electron chi connectivity index (χ0n) is 10.3. The van der Waals surface area contributed by atoms with E-state index in [2.05, 4.69) is 0 Å². The molecular weight excluding hydrogens is 250 g/mol. The lowest BCUT2D eigenvalue weighted by molar-refractivity contribution is 0.0913. The highest BCUT2D eigenvalue weighted by Crippen LogP contribution is 2.15. The number of carbonyl (C=O) groups is 1. The summed E-state index contributed by atoms with van der Waals surface area (Å²) in [5, 5.41) is 0. The van der Waals surface area contributed by atoms with Gasteiger partial charge in [0.05, 0.1) is 5.56 Å². The fourth-order valence-corrected chi connectivity index (χ4v) is 1.62. The first-order chi connectivity index (χ1) is 9.08. The summed E-state index contributed by atoms with van der Waals surface area (Å²) in [7, 11) is 0. The summed E-state index contributed by atoms with van der Waals surface area (Å²) in [6.07, 6.45) is 0. The number of Topliss-reactive ketones (excluding diaryl/α,β-unsaturated/α-hetero) is 1. The van der Waals surface area contributed by atoms with E-state index in [1.54, 1.807) is 12.1 Å². The topological polar surface area (TPSA) is 26.3 Å². The van der Waals surface area contributed by atoms with Gasteiger partial charge in [-0.25, -0.2) is 8.78 Å². The molecule has 0 amide bonds. The first kappa shape index (κ1) is 13.2. The maximum atomic E-state index is 13.4. The summed E-state index contributed by atoms with van der Waals surface area (Å²) in [6, 6.07) is 10.3. The van der Waals surface area contributed by atoms with Crippen molar-refractivity contribution in [2.24, 2.45) is 0 Å². The van der Waals surface area contributed by atoms with E-state index in [9.17, 15) is 13.6 Å². The Morgan fingerprint density at radius 3 is 2.21 bits per heavy atom. The van der Waals surface area contributed by atoms with Crippen LogP contribution in [0, 0.1) is 18.6 Å². The molecule has 0 heterocycles. The quantitative estimate of drug-likeness (QED) is 0.788. The Kier molecular flexibility index (Phi) is 3.90. The lowest BCUT2D eigenvalue weighted by atomic mass is 10.1. The van der Waals surface area contributed by atoms with Gasteiger partial charge in [0.15, 0.2) is 6.61 Å². The Labute approximate surface area is 109 Å². The molecule has 0 unspecified atom stereocenters. The molecule has 0 bridgehead atoms. The number of carbonyl (C=O) groups excluding carboxylic acids is 1. The highest BCUT2D eigenvalue weighted by atomic mass is 19.1. The molecule has 0 radical (unpaired) electrons. The van der Waals surface area contributed by atoms with E-state index < -0.39 is 29.6 Å². The van der Waals surface area contributed by atoms with Crippen molar-refractivity contribution < 1.29 is 18.3 Å². The fraction of sp³-hybridized carbons (Fsp3) is 0.133. The smallest absolute Gasteiger partial charge is 0.206 e. The lowest BCUT2D eigenvalue weighted by Crippen LogP contribution is -2.15. The molecule has 0 aliphatic carbocycles. The van der Waals surface area contributed by atoms with E-state index in [0.29, 0.717) is 5.75 Å². The highest BCUT2D eigenvalue weighted by Gasteiger charge is 2.17. The van der Waals surface area contributed by atoms with Crippen molar-refractivity contribution in [1.29, 1.82) is 0 Å². The molecule has 0 saturated heterocycles. The van der Waals surface area contributed by atoms with Crippen molar-refractivity contribution >= 4 is 5.78 Å². The maximum Gasteiger partial charge on any atom is 0.206 e. The second kappa shape index (κ2) is 5.61. The number of ether oxygens (including phenoxy) is 1. The van der Waals surface area contributed by atoms with Crippen LogP contribution in [0.5, 0.6) is 5.75 Å². The van der Waals surface area contributed by atoms with Gasteiger partial charge < -0.3 is 4.74 Å². The van der Waals surface area contributed by atoms with Crippen LogP contribution in [0.4, 0.5) is 8.78 Å². The minimum absolute atomic E-state index is 0.402. The average Bonchev–Trinajstić information content (AvgIpc) is 2.38. The molecule has 2 aromatic carbocycles. The SMILES string of the molecule is Cc1ccc(OCC(=O)c2c(F)cccc2F)cc1. The summed E-state index contributed by atoms with van der Waals surface area (Å²) in [5.74, 6) is -2.00. The molecule has 0 fully saturated rings. The van der Waals surface area contributed by atoms with E-state index in [-0.39, 0.29) is 0 Å². The average molecular weight is 262 g/mol. The standard InChI is InChI=1S/C15H12F2O2/c1-10-5-7-11(8-6-10)19-9-14(18)15-12(16)3-2-4-13(15)17/h2-8H,9H2,1H3. The predicted octanol–water partition coefficient (Wildman–Crippen LogP) is 3.53. The number of ketones is 1. The summed E-state index contributed by atoms with van der Waals surface area (Å²) in [6.45, 7) is 1.52. The number of aryl methyl sites for hydroxylation is 1. The molecule has 0 spiro atoms.